The molecule has 0 bridgehead atoms. The summed E-state index contributed by atoms with van der Waals surface area (Å²) in [4.78, 5) is 35.1. The number of carbonyl (C=O) groups excluding carboxylic acids is 3. The number of Topliss-reactive ketones (excluding diaryl/α,β-unsaturated/α-hetero) is 1. The van der Waals surface area contributed by atoms with Crippen molar-refractivity contribution >= 4 is 23.3 Å². The Balaban J connectivity index is 1.64. The third-order valence-corrected chi connectivity index (χ3v) is 3.37. The number of amides is 1. The van der Waals surface area contributed by atoms with Crippen molar-refractivity contribution < 1.29 is 23.5 Å². The minimum absolute atomic E-state index is 0.0406. The van der Waals surface area contributed by atoms with Crippen molar-refractivity contribution in [3.63, 3.8) is 0 Å². The predicted molar refractivity (Wildman–Crippen MR) is 90.6 cm³/mol. The van der Waals surface area contributed by atoms with Gasteiger partial charge in [0.25, 0.3) is 0 Å². The zero-order valence-corrected chi connectivity index (χ0v) is 13.5. The van der Waals surface area contributed by atoms with E-state index in [9.17, 15) is 18.8 Å². The first kappa shape index (κ1) is 18.3. The topological polar surface area (TPSA) is 72.5 Å². The van der Waals surface area contributed by atoms with Crippen molar-refractivity contribution in [2.45, 2.75) is 19.3 Å². The molecule has 0 aliphatic rings. The smallest absolute Gasteiger partial charge is 0.306 e. The van der Waals surface area contributed by atoms with Gasteiger partial charge < -0.3 is 10.1 Å². The fourth-order valence-electron chi connectivity index (χ4n) is 2.08. The van der Waals surface area contributed by atoms with Crippen molar-refractivity contribution in [3.8, 4) is 0 Å². The number of hydrogen-bond acceptors (Lipinski definition) is 4. The molecule has 2 rings (SSSR count). The minimum Gasteiger partial charge on any atom is -0.457 e. The van der Waals surface area contributed by atoms with Gasteiger partial charge in [0.2, 0.25) is 5.91 Å². The molecular weight excluding hydrogens is 325 g/mol. The van der Waals surface area contributed by atoms with Gasteiger partial charge in [0.05, 0.1) is 0 Å². The lowest BCUT2D eigenvalue weighted by molar-refractivity contribution is -0.142. The first-order valence-electron chi connectivity index (χ1n) is 7.84. The Hall–Kier alpha value is -3.02. The van der Waals surface area contributed by atoms with Crippen molar-refractivity contribution in [1.82, 2.24) is 0 Å². The summed E-state index contributed by atoms with van der Waals surface area (Å²) in [6.07, 6.45) is 0.539. The third-order valence-electron chi connectivity index (χ3n) is 3.37. The van der Waals surface area contributed by atoms with Crippen molar-refractivity contribution in [2.75, 3.05) is 11.9 Å². The second-order valence-corrected chi connectivity index (χ2v) is 5.36. The molecule has 0 heterocycles. The maximum absolute atomic E-state index is 12.8. The standard InChI is InChI=1S/C19H18FNO4/c20-15-11-9-14(10-12-15)17(22)13-25-19(24)8-4-7-18(23)21-16-5-2-1-3-6-16/h1-3,5-6,9-12H,4,7-8,13H2,(H,21,23). The van der Waals surface area contributed by atoms with Gasteiger partial charge in [-0.25, -0.2) is 4.39 Å². The van der Waals surface area contributed by atoms with Crippen LogP contribution < -0.4 is 5.32 Å². The highest BCUT2D eigenvalue weighted by atomic mass is 19.1. The minimum atomic E-state index is -0.553. The number of benzene rings is 2. The van der Waals surface area contributed by atoms with E-state index in [0.717, 1.165) is 0 Å². The Morgan fingerprint density at radius 3 is 2.28 bits per heavy atom. The van der Waals surface area contributed by atoms with Gasteiger partial charge in [-0.05, 0) is 42.8 Å². The Morgan fingerprint density at radius 2 is 1.60 bits per heavy atom. The molecule has 2 aromatic rings. The van der Waals surface area contributed by atoms with E-state index in [2.05, 4.69) is 5.32 Å². The van der Waals surface area contributed by atoms with E-state index >= 15 is 0 Å². The summed E-state index contributed by atoms with van der Waals surface area (Å²) in [5.74, 6) is -1.60. The van der Waals surface area contributed by atoms with Crippen LogP contribution in [-0.2, 0) is 14.3 Å². The summed E-state index contributed by atoms with van der Waals surface area (Å²) >= 11 is 0. The zero-order valence-electron chi connectivity index (χ0n) is 13.5. The van der Waals surface area contributed by atoms with Gasteiger partial charge in [-0.1, -0.05) is 18.2 Å². The molecule has 0 radical (unpaired) electrons. The number of anilines is 1. The first-order valence-corrected chi connectivity index (χ1v) is 7.84. The van der Waals surface area contributed by atoms with Crippen molar-refractivity contribution in [1.29, 1.82) is 0 Å². The second-order valence-electron chi connectivity index (χ2n) is 5.36. The van der Waals surface area contributed by atoms with Crippen LogP contribution in [0.5, 0.6) is 0 Å². The molecule has 25 heavy (non-hydrogen) atoms. The van der Waals surface area contributed by atoms with Gasteiger partial charge in [0, 0.05) is 24.1 Å². The van der Waals surface area contributed by atoms with E-state index < -0.39 is 24.2 Å². The number of carbonyl (C=O) groups is 3. The maximum atomic E-state index is 12.8. The van der Waals surface area contributed by atoms with E-state index in [4.69, 9.17) is 4.74 Å². The summed E-state index contributed by atoms with van der Waals surface area (Å²) in [6.45, 7) is -0.402. The van der Waals surface area contributed by atoms with Crippen LogP contribution in [0.2, 0.25) is 0 Å². The third kappa shape index (κ3) is 6.55. The van der Waals surface area contributed by atoms with Gasteiger partial charge in [-0.2, -0.15) is 0 Å². The molecule has 2 aromatic carbocycles. The highest BCUT2D eigenvalue weighted by molar-refractivity contribution is 5.97. The monoisotopic (exact) mass is 343 g/mol. The van der Waals surface area contributed by atoms with Crippen LogP contribution in [0.3, 0.4) is 0 Å². The van der Waals surface area contributed by atoms with Gasteiger partial charge in [0.15, 0.2) is 12.4 Å². The normalized spacial score (nSPS) is 10.1. The number of rotatable bonds is 8. The molecule has 0 aromatic heterocycles. The van der Waals surface area contributed by atoms with Crippen LogP contribution in [0.25, 0.3) is 0 Å². The van der Waals surface area contributed by atoms with Crippen LogP contribution >= 0.6 is 0 Å². The molecule has 0 aliphatic heterocycles. The van der Waals surface area contributed by atoms with Crippen molar-refractivity contribution in [3.05, 3.63) is 66.0 Å². The lowest BCUT2D eigenvalue weighted by Crippen LogP contribution is -2.15. The number of halogens is 1. The quantitative estimate of drug-likeness (QED) is 0.589. The molecule has 1 N–H and O–H groups in total. The Labute approximate surface area is 144 Å². The lowest BCUT2D eigenvalue weighted by atomic mass is 10.1. The van der Waals surface area contributed by atoms with E-state index in [1.165, 1.54) is 24.3 Å². The summed E-state index contributed by atoms with van der Waals surface area (Å²) < 4.78 is 17.7. The van der Waals surface area contributed by atoms with E-state index in [1.807, 2.05) is 18.2 Å². The van der Waals surface area contributed by atoms with E-state index in [0.29, 0.717) is 12.1 Å². The van der Waals surface area contributed by atoms with Gasteiger partial charge >= 0.3 is 5.97 Å². The highest BCUT2D eigenvalue weighted by Crippen LogP contribution is 2.08. The van der Waals surface area contributed by atoms with E-state index in [-0.39, 0.29) is 24.3 Å². The van der Waals surface area contributed by atoms with Crippen LogP contribution in [-0.4, -0.2) is 24.3 Å². The predicted octanol–water partition coefficient (Wildman–Crippen LogP) is 3.36. The lowest BCUT2D eigenvalue weighted by Gasteiger charge is -2.06. The number of para-hydroxylation sites is 1. The number of nitrogens with one attached hydrogen (secondary N) is 1. The largest absolute Gasteiger partial charge is 0.457 e. The van der Waals surface area contributed by atoms with Gasteiger partial charge in [0.1, 0.15) is 5.82 Å². The number of ether oxygens (including phenoxy) is 1. The molecule has 1 amide bonds. The summed E-state index contributed by atoms with van der Waals surface area (Å²) in [5, 5.41) is 2.72. The van der Waals surface area contributed by atoms with Crippen LogP contribution in [0.1, 0.15) is 29.6 Å². The maximum Gasteiger partial charge on any atom is 0.306 e. The first-order chi connectivity index (χ1) is 12.0. The van der Waals surface area contributed by atoms with Crippen LogP contribution in [0.4, 0.5) is 10.1 Å². The SMILES string of the molecule is O=C(CCCC(=O)OCC(=O)c1ccc(F)cc1)Nc1ccccc1. The molecule has 0 saturated carbocycles. The molecular formula is C19H18FNO4. The molecule has 0 unspecified atom stereocenters. The zero-order chi connectivity index (χ0) is 18.1. The molecule has 0 saturated heterocycles. The number of ketones is 1. The highest BCUT2D eigenvalue weighted by Gasteiger charge is 2.11. The van der Waals surface area contributed by atoms with E-state index in [1.54, 1.807) is 12.1 Å². The molecule has 0 aliphatic carbocycles. The molecule has 6 heteroatoms. The Bertz CT molecular complexity index is 729. The number of hydrogen-bond donors (Lipinski definition) is 1. The summed E-state index contributed by atoms with van der Waals surface area (Å²) in [5.41, 5.74) is 0.969. The Kier molecular flexibility index (Phi) is 6.83. The fraction of sp³-hybridized carbons (Fsp3) is 0.211. The van der Waals surface area contributed by atoms with Crippen LogP contribution in [0, 0.1) is 5.82 Å². The molecule has 0 atom stereocenters. The Morgan fingerprint density at radius 1 is 0.920 bits per heavy atom. The molecule has 130 valence electrons. The average molecular weight is 343 g/mol. The fourth-order valence-corrected chi connectivity index (χ4v) is 2.08. The van der Waals surface area contributed by atoms with Gasteiger partial charge in [-0.3, -0.25) is 14.4 Å². The summed E-state index contributed by atoms with van der Waals surface area (Å²) in [7, 11) is 0. The molecule has 5 nitrogen and oxygen atoms in total. The van der Waals surface area contributed by atoms with Gasteiger partial charge in [-0.15, -0.1) is 0 Å². The second kappa shape index (κ2) is 9.32. The molecule has 0 spiro atoms. The summed E-state index contributed by atoms with van der Waals surface area (Å²) in [6, 6.07) is 14.0. The van der Waals surface area contributed by atoms with Crippen molar-refractivity contribution in [2.24, 2.45) is 0 Å². The average Bonchev–Trinajstić information content (AvgIpc) is 2.61. The number of esters is 1. The molecule has 0 fully saturated rings. The van der Waals surface area contributed by atoms with Crippen LogP contribution in [0.15, 0.2) is 54.6 Å².